The highest BCUT2D eigenvalue weighted by molar-refractivity contribution is 5.76. The van der Waals surface area contributed by atoms with Crippen molar-refractivity contribution in [2.45, 2.75) is 58.4 Å². The Bertz CT molecular complexity index is 260. The predicted octanol–water partition coefficient (Wildman–Crippen LogP) is 2.62. The van der Waals surface area contributed by atoms with Gasteiger partial charge in [-0.25, -0.2) is 0 Å². The molecule has 1 aliphatic carbocycles. The quantitative estimate of drug-likeness (QED) is 0.795. The van der Waals surface area contributed by atoms with Crippen molar-refractivity contribution in [3.8, 4) is 6.07 Å². The summed E-state index contributed by atoms with van der Waals surface area (Å²) in [5.74, 6) is 1.16. The second-order valence-electron chi connectivity index (χ2n) is 5.25. The lowest BCUT2D eigenvalue weighted by atomic mass is 9.84. The van der Waals surface area contributed by atoms with Gasteiger partial charge in [-0.1, -0.05) is 13.8 Å². The normalized spacial score (nSPS) is 25.1. The number of nitriles is 1. The van der Waals surface area contributed by atoms with Crippen molar-refractivity contribution in [3.05, 3.63) is 0 Å². The van der Waals surface area contributed by atoms with E-state index >= 15 is 0 Å². The van der Waals surface area contributed by atoms with Crippen LogP contribution in [-0.4, -0.2) is 11.9 Å². The zero-order valence-electron chi connectivity index (χ0n) is 10.3. The van der Waals surface area contributed by atoms with Crippen LogP contribution >= 0.6 is 0 Å². The number of hydrogen-bond acceptors (Lipinski definition) is 2. The van der Waals surface area contributed by atoms with Gasteiger partial charge in [0.1, 0.15) is 0 Å². The molecule has 0 aromatic rings. The predicted molar refractivity (Wildman–Crippen MR) is 63.6 cm³/mol. The van der Waals surface area contributed by atoms with Gasteiger partial charge in [-0.3, -0.25) is 4.79 Å². The summed E-state index contributed by atoms with van der Waals surface area (Å²) in [5.41, 5.74) is 0. The second kappa shape index (κ2) is 6.52. The van der Waals surface area contributed by atoms with E-state index in [0.717, 1.165) is 25.7 Å². The highest BCUT2D eigenvalue weighted by Gasteiger charge is 2.22. The Hall–Kier alpha value is -1.04. The third-order valence-corrected chi connectivity index (χ3v) is 3.19. The summed E-state index contributed by atoms with van der Waals surface area (Å²) < 4.78 is 0. The lowest BCUT2D eigenvalue weighted by Crippen LogP contribution is -2.38. The molecule has 16 heavy (non-hydrogen) atoms. The van der Waals surface area contributed by atoms with E-state index in [1.165, 1.54) is 0 Å². The van der Waals surface area contributed by atoms with E-state index in [1.807, 2.05) is 0 Å². The van der Waals surface area contributed by atoms with Crippen molar-refractivity contribution in [1.82, 2.24) is 5.32 Å². The molecule has 0 bridgehead atoms. The van der Waals surface area contributed by atoms with Crippen LogP contribution in [0.1, 0.15) is 52.4 Å². The van der Waals surface area contributed by atoms with Gasteiger partial charge in [0.15, 0.2) is 0 Å². The average Bonchev–Trinajstić information content (AvgIpc) is 2.20. The Labute approximate surface area is 98.2 Å². The van der Waals surface area contributed by atoms with Crippen LogP contribution in [0.5, 0.6) is 0 Å². The van der Waals surface area contributed by atoms with Crippen LogP contribution in [0, 0.1) is 23.2 Å². The molecule has 1 aliphatic rings. The maximum Gasteiger partial charge on any atom is 0.220 e. The van der Waals surface area contributed by atoms with Gasteiger partial charge in [0.25, 0.3) is 0 Å². The summed E-state index contributed by atoms with van der Waals surface area (Å²) in [6, 6.07) is 2.58. The van der Waals surface area contributed by atoms with Gasteiger partial charge in [-0.2, -0.15) is 5.26 Å². The first-order chi connectivity index (χ1) is 7.61. The van der Waals surface area contributed by atoms with Crippen molar-refractivity contribution in [2.24, 2.45) is 11.8 Å². The van der Waals surface area contributed by atoms with E-state index in [0.29, 0.717) is 30.7 Å². The molecule has 1 saturated carbocycles. The zero-order valence-corrected chi connectivity index (χ0v) is 10.3. The number of carbonyl (C=O) groups excluding carboxylic acids is 1. The first-order valence-electron chi connectivity index (χ1n) is 6.28. The molecule has 1 N–H and O–H groups in total. The maximum atomic E-state index is 11.6. The van der Waals surface area contributed by atoms with Gasteiger partial charge in [0, 0.05) is 18.9 Å². The Morgan fingerprint density at radius 1 is 1.38 bits per heavy atom. The zero-order chi connectivity index (χ0) is 12.0. The molecule has 0 atom stereocenters. The molecule has 0 radical (unpaired) electrons. The third-order valence-electron chi connectivity index (χ3n) is 3.19. The minimum Gasteiger partial charge on any atom is -0.353 e. The summed E-state index contributed by atoms with van der Waals surface area (Å²) in [4.78, 5) is 11.6. The number of rotatable bonds is 4. The first-order valence-corrected chi connectivity index (χ1v) is 6.28. The van der Waals surface area contributed by atoms with E-state index in [4.69, 9.17) is 5.26 Å². The fourth-order valence-corrected chi connectivity index (χ4v) is 2.30. The topological polar surface area (TPSA) is 52.9 Å². The van der Waals surface area contributed by atoms with Crippen LogP contribution in [0.3, 0.4) is 0 Å². The van der Waals surface area contributed by atoms with Gasteiger partial charge in [-0.15, -0.1) is 0 Å². The van der Waals surface area contributed by atoms with Crippen LogP contribution in [0.15, 0.2) is 0 Å². The van der Waals surface area contributed by atoms with Crippen molar-refractivity contribution in [1.29, 1.82) is 5.26 Å². The van der Waals surface area contributed by atoms with Crippen LogP contribution in [-0.2, 0) is 4.79 Å². The number of carbonyl (C=O) groups is 1. The number of hydrogen-bond donors (Lipinski definition) is 1. The van der Waals surface area contributed by atoms with Crippen molar-refractivity contribution < 1.29 is 4.79 Å². The Balaban J connectivity index is 2.22. The van der Waals surface area contributed by atoms with Crippen molar-refractivity contribution in [3.63, 3.8) is 0 Å². The molecule has 0 unspecified atom stereocenters. The minimum absolute atomic E-state index is 0.179. The summed E-state index contributed by atoms with van der Waals surface area (Å²) in [7, 11) is 0. The smallest absolute Gasteiger partial charge is 0.220 e. The molecule has 1 rings (SSSR count). The van der Waals surface area contributed by atoms with Crippen molar-refractivity contribution >= 4 is 5.91 Å². The molecular weight excluding hydrogens is 200 g/mol. The number of nitrogens with one attached hydrogen (secondary N) is 1. The summed E-state index contributed by atoms with van der Waals surface area (Å²) in [6.45, 7) is 4.12. The van der Waals surface area contributed by atoms with Crippen LogP contribution in [0.2, 0.25) is 0 Å². The van der Waals surface area contributed by atoms with Crippen LogP contribution < -0.4 is 5.32 Å². The molecular formula is C13H22N2O. The van der Waals surface area contributed by atoms with Gasteiger partial charge in [0.05, 0.1) is 6.07 Å². The fourth-order valence-electron chi connectivity index (χ4n) is 2.30. The molecule has 90 valence electrons. The lowest BCUT2D eigenvalue weighted by molar-refractivity contribution is -0.122. The molecule has 0 saturated heterocycles. The monoisotopic (exact) mass is 222 g/mol. The largest absolute Gasteiger partial charge is 0.353 e. The highest BCUT2D eigenvalue weighted by Crippen LogP contribution is 2.26. The molecule has 3 nitrogen and oxygen atoms in total. The minimum atomic E-state index is 0.179. The van der Waals surface area contributed by atoms with Gasteiger partial charge in [0.2, 0.25) is 5.91 Å². The maximum absolute atomic E-state index is 11.6. The molecule has 0 aromatic carbocycles. The summed E-state index contributed by atoms with van der Waals surface area (Å²) >= 11 is 0. The standard InChI is InChI=1S/C13H22N2O/c1-10(2)9-13(16)15-12-5-3-11(4-6-12)7-8-14/h10-12H,3-7,9H2,1-2H3,(H,15,16). The first kappa shape index (κ1) is 13.0. The molecule has 0 heterocycles. The molecule has 0 aromatic heterocycles. The van der Waals surface area contributed by atoms with E-state index < -0.39 is 0 Å². The fraction of sp³-hybridized carbons (Fsp3) is 0.846. The molecule has 1 amide bonds. The number of nitrogens with zero attached hydrogens (tertiary/aromatic N) is 1. The van der Waals surface area contributed by atoms with E-state index in [9.17, 15) is 4.79 Å². The van der Waals surface area contributed by atoms with E-state index in [1.54, 1.807) is 0 Å². The SMILES string of the molecule is CC(C)CC(=O)NC1CCC(CC#N)CC1. The Morgan fingerprint density at radius 3 is 2.50 bits per heavy atom. The van der Waals surface area contributed by atoms with Crippen LogP contribution in [0.4, 0.5) is 0 Å². The van der Waals surface area contributed by atoms with Crippen molar-refractivity contribution in [2.75, 3.05) is 0 Å². The third kappa shape index (κ3) is 4.65. The highest BCUT2D eigenvalue weighted by atomic mass is 16.1. The summed E-state index contributed by atoms with van der Waals surface area (Å²) in [5, 5.41) is 11.7. The Morgan fingerprint density at radius 2 is 2.00 bits per heavy atom. The number of amides is 1. The van der Waals surface area contributed by atoms with Crippen LogP contribution in [0.25, 0.3) is 0 Å². The summed E-state index contributed by atoms with van der Waals surface area (Å²) in [6.07, 6.45) is 5.54. The van der Waals surface area contributed by atoms with E-state index in [2.05, 4.69) is 25.2 Å². The van der Waals surface area contributed by atoms with Gasteiger partial charge in [-0.05, 0) is 37.5 Å². The average molecular weight is 222 g/mol. The lowest BCUT2D eigenvalue weighted by Gasteiger charge is -2.28. The van der Waals surface area contributed by atoms with E-state index in [-0.39, 0.29) is 5.91 Å². The Kier molecular flexibility index (Phi) is 5.31. The molecule has 1 fully saturated rings. The molecule has 0 spiro atoms. The second-order valence-corrected chi connectivity index (χ2v) is 5.25. The molecule has 0 aliphatic heterocycles. The molecule has 3 heteroatoms. The van der Waals surface area contributed by atoms with Gasteiger partial charge >= 0.3 is 0 Å². The van der Waals surface area contributed by atoms with Gasteiger partial charge < -0.3 is 5.32 Å².